The Morgan fingerprint density at radius 1 is 0.357 bits per heavy atom. The van der Waals surface area contributed by atoms with Crippen molar-refractivity contribution in [3.05, 3.63) is 0 Å². The second-order valence-electron chi connectivity index (χ2n) is 36.0. The van der Waals surface area contributed by atoms with Crippen molar-refractivity contribution in [3.8, 4) is 37.0 Å². The number of unbranched alkanes of at least 4 members (excludes halogenated alkanes) is 12. The molecule has 46 heteroatoms. The molecule has 40 nitrogen and oxygen atoms in total. The lowest BCUT2D eigenvalue weighted by molar-refractivity contribution is -0.143. The lowest BCUT2D eigenvalue weighted by Gasteiger charge is -2.19. The largest absolute Gasteiger partial charge is 0.468 e. The van der Waals surface area contributed by atoms with E-state index in [1.54, 1.807) is 0 Å². The average Bonchev–Trinajstić information content (AvgIpc) is 1.70. The van der Waals surface area contributed by atoms with Crippen LogP contribution in [0.5, 0.6) is 0 Å². The Balaban J connectivity index is 0.000000288. The van der Waals surface area contributed by atoms with Crippen molar-refractivity contribution in [1.82, 2.24) is 85.1 Å². The predicted molar refractivity (Wildman–Crippen MR) is 546 cm³/mol. The molecule has 16 amide bonds. The minimum absolute atomic E-state index is 0.0192. The molecule has 0 saturated carbocycles. The van der Waals surface area contributed by atoms with Crippen LogP contribution in [0.25, 0.3) is 0 Å². The van der Waals surface area contributed by atoms with Gasteiger partial charge in [-0.05, 0) is 175 Å². The average molecular weight is 2080 g/mol. The first-order chi connectivity index (χ1) is 67.7. The summed E-state index contributed by atoms with van der Waals surface area (Å²) in [5.41, 5.74) is 4.66. The van der Waals surface area contributed by atoms with Gasteiger partial charge in [-0.15, -0.1) is 19.3 Å². The number of esters is 2. The van der Waals surface area contributed by atoms with E-state index < -0.39 is 11.7 Å². The van der Waals surface area contributed by atoms with Crippen LogP contribution in [0.2, 0.25) is 0 Å². The Morgan fingerprint density at radius 3 is 0.900 bits per heavy atom. The minimum atomic E-state index is -0.443. The molecular weight excluding hydrogens is 1930 g/mol. The second-order valence-corrected chi connectivity index (χ2v) is 43.6. The number of nitrogens with two attached hydrogens (primary N) is 1. The van der Waals surface area contributed by atoms with Crippen molar-refractivity contribution in [1.29, 1.82) is 0 Å². The van der Waals surface area contributed by atoms with Gasteiger partial charge in [0.15, 0.2) is 13.2 Å². The molecule has 0 spiro atoms. The standard InChI is InChI=1S/C19H29N3O4S.C16H27N3O4S.C13H19N3O2S.C13H18N2O3S.2C10H16N2O3S.C9H19NO3.C4H11NO/c1-2-12-26-17(24)10-4-3-7-11-20-16(23)9-6-5-8-15-18-14(13-27-15)21-19(25)22-18;20-11-23-9-5-1-4-8-17-14(21)7-3-2-6-13-15-12(10-24-13)18-16(22)19-15;1-2-7-14-11(17)6-4-3-5-10-12-9(8-19-10)15-13(18)16-12;1-2-7-18-11(16)6-4-3-5-10-12-9(8-19-10)14-13(17)15-12;2*13-6-15-4-2-1-3-8-9-7(5-16-8)11-10(14)12-9;1-9(2,3)13-8(12)10-6-4-5-7-11;5-3-1-2-4-6/h1,14-15,18H,3-13H2,(H,20,23)(H2,21,22,25);11-13,15H,1-10H2,(H,17,21)(H2,18,19,22);1,9-10,12H,3-8H2,(H,14,17)(H2,15,16,18);1,9-10,12H,3-8H2,(H2,14,15,17);2*6-9H,1-5H2,(H2,11,12,14);11H,4-7H2,1-3H3,(H,10,12);6H,1-5H2/t14-,15-,18-;12-,13-,15-;2*9-,10-,12-;2*7-,8-,9-;;/m000000../s1. The van der Waals surface area contributed by atoms with E-state index in [0.717, 1.165) is 208 Å². The zero-order valence-corrected chi connectivity index (χ0v) is 86.3. The number of alkyl carbamates (subject to hydrolysis) is 1. The second kappa shape index (κ2) is 73.4. The Labute approximate surface area is 850 Å². The minimum Gasteiger partial charge on any atom is -0.468 e. The molecule has 12 aliphatic rings. The molecule has 0 aromatic heterocycles. The van der Waals surface area contributed by atoms with E-state index in [-0.39, 0.29) is 153 Å². The SMILES string of the molecule is C#CCNC(=O)CCCC[C@@H]1SC[C@@H]2NC(=O)N[C@@H]21.C#CCOC(=O)CCCCCNC(=O)CCCC[C@@H]1SC[C@@H]2NC(=O)N[C@@H]21.C#CCOC(=O)CCCC[C@@H]1SC[C@@H]2NC(=O)N[C@@H]21.CC(C)(C)OC(=O)NCCCCO.NCCCCO.O=COCCCCCNC(=O)CCCC[C@@H]1SC[C@@H]2NC(=O)N[C@@H]21.O=COCCCC[C@@H]1SC[C@@H]2NC(=O)N[C@@H]21.O=COCCCC[C@@H]1SC[C@@H]2NC(=O)N[C@@H]21. The molecule has 790 valence electrons. The highest BCUT2D eigenvalue weighted by molar-refractivity contribution is 8.01. The molecule has 18 atom stereocenters. The molecule has 12 rings (SSSR count). The van der Waals surface area contributed by atoms with Crippen LogP contribution in [0.1, 0.15) is 233 Å². The molecule has 140 heavy (non-hydrogen) atoms. The lowest BCUT2D eigenvalue weighted by Crippen LogP contribution is -2.36. The number of hydrogen-bond acceptors (Lipinski definition) is 30. The number of fused-ring (bicyclic) bond motifs is 6. The maximum atomic E-state index is 11.8. The summed E-state index contributed by atoms with van der Waals surface area (Å²) in [6.07, 6.45) is 43.0. The van der Waals surface area contributed by atoms with Gasteiger partial charge in [0.05, 0.1) is 98.9 Å². The lowest BCUT2D eigenvalue weighted by atomic mass is 10.0. The van der Waals surface area contributed by atoms with Gasteiger partial charge in [-0.1, -0.05) is 49.9 Å². The van der Waals surface area contributed by atoms with Crippen LogP contribution in [0.4, 0.5) is 33.6 Å². The normalized spacial score (nSPS) is 25.0. The van der Waals surface area contributed by atoms with Gasteiger partial charge in [-0.3, -0.25) is 38.4 Å². The van der Waals surface area contributed by atoms with Gasteiger partial charge in [0.1, 0.15) is 5.60 Å². The van der Waals surface area contributed by atoms with Gasteiger partial charge in [0.2, 0.25) is 17.7 Å². The summed E-state index contributed by atoms with van der Waals surface area (Å²) in [6.45, 7) is 11.7. The van der Waals surface area contributed by atoms with E-state index >= 15 is 0 Å². The fraction of sp³-hybridized carbons (Fsp3) is 0.777. The van der Waals surface area contributed by atoms with Gasteiger partial charge in [0, 0.05) is 131 Å². The first-order valence-corrected chi connectivity index (χ1v) is 55.6. The smallest absolute Gasteiger partial charge is 0.407 e. The van der Waals surface area contributed by atoms with Crippen LogP contribution in [-0.2, 0) is 66.8 Å². The molecular formula is C94H155N17O23S6. The zero-order valence-electron chi connectivity index (χ0n) is 81.4. The van der Waals surface area contributed by atoms with Gasteiger partial charge in [-0.25, -0.2) is 33.6 Å². The number of hydrogen-bond donors (Lipinski definition) is 19. The zero-order chi connectivity index (χ0) is 102. The number of terminal acetylenes is 3. The van der Waals surface area contributed by atoms with Crippen molar-refractivity contribution in [2.45, 2.75) is 342 Å². The maximum absolute atomic E-state index is 11.8. The molecule has 0 radical (unpaired) electrons. The molecule has 0 aromatic carbocycles. The highest BCUT2D eigenvalue weighted by atomic mass is 32.2. The third-order valence-corrected chi connectivity index (χ3v) is 33.0. The third kappa shape index (κ3) is 51.5. The van der Waals surface area contributed by atoms with Crippen molar-refractivity contribution in [2.75, 3.05) is 113 Å². The fourth-order valence-corrected chi connectivity index (χ4v) is 26.1. The Bertz CT molecular complexity index is 3730. The van der Waals surface area contributed by atoms with Gasteiger partial charge in [-0.2, -0.15) is 70.6 Å². The van der Waals surface area contributed by atoms with E-state index in [1.165, 1.54) is 0 Å². The van der Waals surface area contributed by atoms with Gasteiger partial charge < -0.3 is 129 Å². The number of nitrogens with one attached hydrogen (secondary N) is 16. The van der Waals surface area contributed by atoms with Crippen molar-refractivity contribution in [2.24, 2.45) is 5.73 Å². The van der Waals surface area contributed by atoms with Crippen LogP contribution in [-0.4, -0.2) is 325 Å². The molecule has 0 aliphatic carbocycles. The Morgan fingerprint density at radius 2 is 0.621 bits per heavy atom. The number of thioether (sulfide) groups is 6. The van der Waals surface area contributed by atoms with Crippen LogP contribution < -0.4 is 90.8 Å². The van der Waals surface area contributed by atoms with Crippen LogP contribution in [0.3, 0.4) is 0 Å². The molecule has 12 saturated heterocycles. The summed E-state index contributed by atoms with van der Waals surface area (Å²) in [6, 6.07) is 2.94. The van der Waals surface area contributed by atoms with E-state index in [1.807, 2.05) is 91.3 Å². The molecule has 12 heterocycles. The Kier molecular flexibility index (Phi) is 63.8. The van der Waals surface area contributed by atoms with Crippen molar-refractivity contribution < 1.29 is 111 Å². The van der Waals surface area contributed by atoms with E-state index in [0.29, 0.717) is 154 Å². The number of carbonyl (C=O) groups is 15. The van der Waals surface area contributed by atoms with E-state index in [9.17, 15) is 71.9 Å². The number of aliphatic hydroxyl groups is 2. The highest BCUT2D eigenvalue weighted by Crippen LogP contribution is 2.39. The number of ether oxygens (including phenoxy) is 6. The summed E-state index contributed by atoms with van der Waals surface area (Å²) in [5, 5.41) is 65.9. The summed E-state index contributed by atoms with van der Waals surface area (Å²) in [7, 11) is 0. The van der Waals surface area contributed by atoms with Crippen LogP contribution in [0, 0.1) is 37.0 Å². The summed E-state index contributed by atoms with van der Waals surface area (Å²) in [4.78, 5) is 166. The van der Waals surface area contributed by atoms with Gasteiger partial charge in [0.25, 0.3) is 19.4 Å². The molecule has 12 aliphatic heterocycles. The van der Waals surface area contributed by atoms with Crippen molar-refractivity contribution >= 4 is 162 Å². The number of amides is 16. The summed E-state index contributed by atoms with van der Waals surface area (Å²) >= 11 is 11.4. The number of aliphatic hydroxyl groups excluding tert-OH is 2. The summed E-state index contributed by atoms with van der Waals surface area (Å²) < 4.78 is 28.5. The van der Waals surface area contributed by atoms with E-state index in [4.69, 9.17) is 49.4 Å². The van der Waals surface area contributed by atoms with Crippen molar-refractivity contribution in [3.63, 3.8) is 0 Å². The first kappa shape index (κ1) is 122. The molecule has 0 bridgehead atoms. The predicted octanol–water partition coefficient (Wildman–Crippen LogP) is 6.08. The number of rotatable bonds is 55. The molecule has 0 aromatic rings. The fourth-order valence-electron chi connectivity index (χ4n) is 16.9. The quantitative estimate of drug-likeness (QED) is 0.00819. The first-order valence-electron chi connectivity index (χ1n) is 49.3. The molecule has 20 N–H and O–H groups in total. The maximum Gasteiger partial charge on any atom is 0.407 e. The molecule has 0 unspecified atom stereocenters. The molecule has 12 fully saturated rings. The van der Waals surface area contributed by atoms with Crippen LogP contribution >= 0.6 is 70.6 Å². The Hall–Kier alpha value is -8.69. The number of carbonyl (C=O) groups excluding carboxylic acids is 15. The third-order valence-electron chi connectivity index (χ3n) is 23.9. The number of urea groups is 6. The summed E-state index contributed by atoms with van der Waals surface area (Å²) in [5.74, 6) is 12.5. The van der Waals surface area contributed by atoms with Gasteiger partial charge >= 0.3 is 54.2 Å². The highest BCUT2D eigenvalue weighted by Gasteiger charge is 2.48. The topological polar surface area (TPSA) is 570 Å². The van der Waals surface area contributed by atoms with Crippen LogP contribution in [0.15, 0.2) is 0 Å². The van der Waals surface area contributed by atoms with E-state index in [2.05, 4.69) is 117 Å². The monoisotopic (exact) mass is 2080 g/mol.